The van der Waals surface area contributed by atoms with Crippen LogP contribution in [0.25, 0.3) is 0 Å². The fraction of sp³-hybridized carbons (Fsp3) is 0.333. The average molecular weight is 384 g/mol. The number of furan rings is 1. The first-order chi connectivity index (χ1) is 11.9. The second kappa shape index (κ2) is 7.38. The first-order valence-electron chi connectivity index (χ1n) is 7.52. The summed E-state index contributed by atoms with van der Waals surface area (Å²) in [7, 11) is -3.78. The topological polar surface area (TPSA) is 115 Å². The normalized spacial score (nSPS) is 14.2. The lowest BCUT2D eigenvalue weighted by Gasteiger charge is -2.04. The minimum Gasteiger partial charge on any atom is -0.450 e. The van der Waals surface area contributed by atoms with Crippen molar-refractivity contribution in [2.45, 2.75) is 30.5 Å². The highest BCUT2D eigenvalue weighted by Gasteiger charge is 2.30. The van der Waals surface area contributed by atoms with E-state index < -0.39 is 28.5 Å². The minimum absolute atomic E-state index is 0.0717. The first-order valence-corrected chi connectivity index (χ1v) is 9.89. The van der Waals surface area contributed by atoms with E-state index >= 15 is 0 Å². The van der Waals surface area contributed by atoms with E-state index in [9.17, 15) is 18.0 Å². The molecule has 0 bridgehead atoms. The maximum Gasteiger partial charge on any atom is 0.374 e. The van der Waals surface area contributed by atoms with Gasteiger partial charge in [-0.25, -0.2) is 17.9 Å². The summed E-state index contributed by atoms with van der Waals surface area (Å²) < 4.78 is 36.2. The first kappa shape index (κ1) is 17.6. The van der Waals surface area contributed by atoms with Crippen LogP contribution in [0.4, 0.5) is 0 Å². The SMILES string of the molecule is O=C(COC(=O)c1ccc(S(=O)(=O)NC2CC2)o1)NCc1cccs1. The minimum atomic E-state index is -3.78. The number of hydrogen-bond acceptors (Lipinski definition) is 7. The van der Waals surface area contributed by atoms with Gasteiger partial charge >= 0.3 is 5.97 Å². The fourth-order valence-electron chi connectivity index (χ4n) is 1.91. The molecular formula is C15H16N2O6S2. The van der Waals surface area contributed by atoms with Crippen LogP contribution in [0.3, 0.4) is 0 Å². The van der Waals surface area contributed by atoms with Gasteiger partial charge in [-0.05, 0) is 36.4 Å². The number of amides is 1. The van der Waals surface area contributed by atoms with Gasteiger partial charge in [-0.15, -0.1) is 11.3 Å². The van der Waals surface area contributed by atoms with Crippen molar-refractivity contribution in [2.75, 3.05) is 6.61 Å². The molecule has 134 valence electrons. The molecule has 1 aliphatic carbocycles. The van der Waals surface area contributed by atoms with E-state index in [1.165, 1.54) is 23.5 Å². The summed E-state index contributed by atoms with van der Waals surface area (Å²) in [6.07, 6.45) is 1.57. The Labute approximate surface area is 148 Å². The summed E-state index contributed by atoms with van der Waals surface area (Å²) in [5.41, 5.74) is 0. The van der Waals surface area contributed by atoms with Crippen LogP contribution in [-0.2, 0) is 26.1 Å². The van der Waals surface area contributed by atoms with Gasteiger partial charge in [0.1, 0.15) is 0 Å². The molecule has 3 rings (SSSR count). The quantitative estimate of drug-likeness (QED) is 0.662. The van der Waals surface area contributed by atoms with Crippen LogP contribution >= 0.6 is 11.3 Å². The van der Waals surface area contributed by atoms with Crippen molar-refractivity contribution in [1.82, 2.24) is 10.0 Å². The highest BCUT2D eigenvalue weighted by atomic mass is 32.2. The van der Waals surface area contributed by atoms with Gasteiger partial charge in [0.05, 0.1) is 6.54 Å². The average Bonchev–Trinajstić information content (AvgIpc) is 3.08. The number of ether oxygens (including phenoxy) is 1. The lowest BCUT2D eigenvalue weighted by molar-refractivity contribution is -0.124. The molecule has 2 N–H and O–H groups in total. The molecule has 8 nitrogen and oxygen atoms in total. The number of thiophene rings is 1. The number of carbonyl (C=O) groups is 2. The van der Waals surface area contributed by atoms with Gasteiger partial charge < -0.3 is 14.5 Å². The molecule has 0 unspecified atom stereocenters. The maximum absolute atomic E-state index is 12.0. The molecule has 0 saturated heterocycles. The van der Waals surface area contributed by atoms with Gasteiger partial charge in [-0.2, -0.15) is 0 Å². The Morgan fingerprint density at radius 3 is 2.76 bits per heavy atom. The lowest BCUT2D eigenvalue weighted by Crippen LogP contribution is -2.28. The van der Waals surface area contributed by atoms with Crippen LogP contribution < -0.4 is 10.0 Å². The Morgan fingerprint density at radius 1 is 1.28 bits per heavy atom. The second-order valence-corrected chi connectivity index (χ2v) is 8.12. The molecule has 2 aromatic heterocycles. The molecule has 25 heavy (non-hydrogen) atoms. The van der Waals surface area contributed by atoms with E-state index in [0.717, 1.165) is 17.7 Å². The second-order valence-electron chi connectivity index (χ2n) is 5.45. The smallest absolute Gasteiger partial charge is 0.374 e. The van der Waals surface area contributed by atoms with Crippen molar-refractivity contribution >= 4 is 33.2 Å². The van der Waals surface area contributed by atoms with E-state index in [1.54, 1.807) is 0 Å². The van der Waals surface area contributed by atoms with Crippen molar-refractivity contribution in [3.05, 3.63) is 40.3 Å². The Bertz CT molecular complexity index is 852. The summed E-state index contributed by atoms with van der Waals surface area (Å²) in [6, 6.07) is 6.05. The molecule has 0 atom stereocenters. The molecule has 2 aromatic rings. The molecule has 0 spiro atoms. The van der Waals surface area contributed by atoms with Crippen LogP contribution in [0.2, 0.25) is 0 Å². The predicted octanol–water partition coefficient (Wildman–Crippen LogP) is 1.25. The predicted molar refractivity (Wildman–Crippen MR) is 88.5 cm³/mol. The monoisotopic (exact) mass is 384 g/mol. The lowest BCUT2D eigenvalue weighted by atomic mass is 10.4. The third-order valence-electron chi connectivity index (χ3n) is 3.32. The van der Waals surface area contributed by atoms with Crippen molar-refractivity contribution in [3.8, 4) is 0 Å². The van der Waals surface area contributed by atoms with Gasteiger partial charge in [0.15, 0.2) is 6.61 Å². The molecule has 1 aliphatic rings. The number of nitrogens with one attached hydrogen (secondary N) is 2. The van der Waals surface area contributed by atoms with Gasteiger partial charge in [0.25, 0.3) is 15.9 Å². The van der Waals surface area contributed by atoms with E-state index in [1.807, 2.05) is 17.5 Å². The summed E-state index contributed by atoms with van der Waals surface area (Å²) in [5, 5.41) is 4.15. The van der Waals surface area contributed by atoms with Crippen LogP contribution in [-0.4, -0.2) is 32.9 Å². The van der Waals surface area contributed by atoms with Crippen molar-refractivity contribution < 1.29 is 27.2 Å². The number of carbonyl (C=O) groups excluding carboxylic acids is 2. The molecule has 2 heterocycles. The Kier molecular flexibility index (Phi) is 5.21. The third-order valence-corrected chi connectivity index (χ3v) is 5.59. The Balaban J connectivity index is 1.48. The summed E-state index contributed by atoms with van der Waals surface area (Å²) in [6.45, 7) is -0.128. The number of esters is 1. The zero-order valence-electron chi connectivity index (χ0n) is 13.1. The number of sulfonamides is 1. The molecular weight excluding hydrogens is 368 g/mol. The summed E-state index contributed by atoms with van der Waals surface area (Å²) >= 11 is 1.50. The molecule has 0 aromatic carbocycles. The van der Waals surface area contributed by atoms with Crippen LogP contribution in [0, 0.1) is 0 Å². The number of rotatable bonds is 8. The Morgan fingerprint density at radius 2 is 2.08 bits per heavy atom. The zero-order chi connectivity index (χ0) is 17.9. The van der Waals surface area contributed by atoms with E-state index in [0.29, 0.717) is 6.54 Å². The van der Waals surface area contributed by atoms with Gasteiger partial charge in [0, 0.05) is 10.9 Å². The summed E-state index contributed by atoms with van der Waals surface area (Å²) in [4.78, 5) is 24.5. The summed E-state index contributed by atoms with van der Waals surface area (Å²) in [5.74, 6) is -1.64. The molecule has 10 heteroatoms. The highest BCUT2D eigenvalue weighted by Crippen LogP contribution is 2.23. The van der Waals surface area contributed by atoms with Crippen LogP contribution in [0.15, 0.2) is 39.2 Å². The standard InChI is InChI=1S/C15H16N2O6S2/c18-13(16-8-11-2-1-7-24-11)9-22-15(19)12-5-6-14(23-12)25(20,21)17-10-3-4-10/h1-2,5-7,10,17H,3-4,8-9H2,(H,16,18). The zero-order valence-corrected chi connectivity index (χ0v) is 14.7. The molecule has 1 amide bonds. The van der Waals surface area contributed by atoms with E-state index in [2.05, 4.69) is 10.0 Å². The maximum atomic E-state index is 12.0. The Hall–Kier alpha value is -2.17. The van der Waals surface area contributed by atoms with Crippen LogP contribution in [0.5, 0.6) is 0 Å². The van der Waals surface area contributed by atoms with E-state index in [4.69, 9.17) is 9.15 Å². The van der Waals surface area contributed by atoms with Crippen LogP contribution in [0.1, 0.15) is 28.3 Å². The molecule has 1 saturated carbocycles. The molecule has 0 radical (unpaired) electrons. The molecule has 0 aliphatic heterocycles. The van der Waals surface area contributed by atoms with Crippen molar-refractivity contribution in [1.29, 1.82) is 0 Å². The van der Waals surface area contributed by atoms with Crippen molar-refractivity contribution in [3.63, 3.8) is 0 Å². The van der Waals surface area contributed by atoms with Gasteiger partial charge in [0.2, 0.25) is 10.9 Å². The van der Waals surface area contributed by atoms with Crippen molar-refractivity contribution in [2.24, 2.45) is 0 Å². The third kappa shape index (κ3) is 4.91. The molecule has 1 fully saturated rings. The van der Waals surface area contributed by atoms with Gasteiger partial charge in [-0.1, -0.05) is 6.07 Å². The fourth-order valence-corrected chi connectivity index (χ4v) is 3.79. The largest absolute Gasteiger partial charge is 0.450 e. The van der Waals surface area contributed by atoms with Gasteiger partial charge in [-0.3, -0.25) is 4.79 Å². The number of hydrogen-bond donors (Lipinski definition) is 2. The van der Waals surface area contributed by atoms with E-state index in [-0.39, 0.29) is 16.9 Å². The highest BCUT2D eigenvalue weighted by molar-refractivity contribution is 7.89.